The van der Waals surface area contributed by atoms with E-state index in [2.05, 4.69) is 0 Å². The van der Waals surface area contributed by atoms with E-state index in [1.807, 2.05) is 54.9 Å². The number of hydrogen-bond donors (Lipinski definition) is 2. The molecular weight excluding hydrogens is 458 g/mol. The van der Waals surface area contributed by atoms with Crippen LogP contribution in [0.25, 0.3) is 23.0 Å². The first-order valence-corrected chi connectivity index (χ1v) is 12.2. The Bertz CT molecular complexity index is 1160. The van der Waals surface area contributed by atoms with Gasteiger partial charge in [-0.3, -0.25) is 4.79 Å². The van der Waals surface area contributed by atoms with Gasteiger partial charge in [0.15, 0.2) is 0 Å². The highest BCUT2D eigenvalue weighted by molar-refractivity contribution is 7.39. The molecule has 1 heterocycles. The molecular formula is C25H27FN2O5P+. The first kappa shape index (κ1) is 25.4. The molecule has 2 aromatic carbocycles. The van der Waals surface area contributed by atoms with Crippen LogP contribution < -0.4 is 0 Å². The molecule has 0 saturated heterocycles. The Morgan fingerprint density at radius 2 is 1.85 bits per heavy atom. The molecule has 3 aromatic rings. The average Bonchev–Trinajstić information content (AvgIpc) is 3.17. The minimum Gasteiger partial charge on any atom is -0.481 e. The maximum atomic E-state index is 13.6. The summed E-state index contributed by atoms with van der Waals surface area (Å²) in [6.07, 6.45) is 1.56. The van der Waals surface area contributed by atoms with Crippen molar-refractivity contribution < 1.29 is 28.5 Å². The van der Waals surface area contributed by atoms with E-state index in [0.29, 0.717) is 0 Å². The van der Waals surface area contributed by atoms with Crippen molar-refractivity contribution in [3.63, 3.8) is 0 Å². The highest BCUT2D eigenvalue weighted by atomic mass is 31.1. The highest BCUT2D eigenvalue weighted by Crippen LogP contribution is 2.34. The van der Waals surface area contributed by atoms with Gasteiger partial charge < -0.3 is 10.2 Å². The quantitative estimate of drug-likeness (QED) is 0.352. The van der Waals surface area contributed by atoms with E-state index in [-0.39, 0.29) is 24.5 Å². The molecule has 1 aromatic heterocycles. The Morgan fingerprint density at radius 1 is 1.18 bits per heavy atom. The van der Waals surface area contributed by atoms with Crippen molar-refractivity contribution in [2.45, 2.75) is 32.3 Å². The van der Waals surface area contributed by atoms with E-state index in [9.17, 15) is 18.9 Å². The molecule has 0 aliphatic rings. The largest absolute Gasteiger partial charge is 0.511 e. The smallest absolute Gasteiger partial charge is 0.481 e. The fourth-order valence-corrected chi connectivity index (χ4v) is 4.29. The van der Waals surface area contributed by atoms with Crippen molar-refractivity contribution in [3.8, 4) is 16.9 Å². The molecule has 0 bridgehead atoms. The molecule has 0 saturated carbocycles. The summed E-state index contributed by atoms with van der Waals surface area (Å²) in [7, 11) is -2.21. The lowest BCUT2D eigenvalue weighted by Gasteiger charge is -2.09. The number of carboxylic acid groups (broad SMARTS) is 1. The van der Waals surface area contributed by atoms with Crippen molar-refractivity contribution in [1.82, 2.24) is 9.78 Å². The fraction of sp³-hybridized carbons (Fsp3) is 0.280. The molecule has 2 N–H and O–H groups in total. The molecule has 34 heavy (non-hydrogen) atoms. The van der Waals surface area contributed by atoms with Gasteiger partial charge >= 0.3 is 14.0 Å². The predicted molar refractivity (Wildman–Crippen MR) is 129 cm³/mol. The molecule has 3 rings (SSSR count). The molecule has 0 amide bonds. The lowest BCUT2D eigenvalue weighted by molar-refractivity contribution is -0.138. The number of aromatic nitrogens is 2. The third-order valence-electron chi connectivity index (χ3n) is 4.99. The van der Waals surface area contributed by atoms with E-state index in [4.69, 9.17) is 14.7 Å². The summed E-state index contributed by atoms with van der Waals surface area (Å²) in [6, 6.07) is 15.8. The number of nitrogens with zero attached hydrogens (tertiary/aromatic N) is 2. The first-order chi connectivity index (χ1) is 16.3. The van der Waals surface area contributed by atoms with Crippen LogP contribution in [0.3, 0.4) is 0 Å². The minimum absolute atomic E-state index is 0.00586. The van der Waals surface area contributed by atoms with E-state index >= 15 is 0 Å². The summed E-state index contributed by atoms with van der Waals surface area (Å²) in [5.41, 5.74) is 4.09. The van der Waals surface area contributed by atoms with Crippen molar-refractivity contribution >= 4 is 20.1 Å². The summed E-state index contributed by atoms with van der Waals surface area (Å²) in [4.78, 5) is 10.6. The zero-order valence-corrected chi connectivity index (χ0v) is 19.9. The van der Waals surface area contributed by atoms with Crippen molar-refractivity contribution in [2.75, 3.05) is 12.8 Å². The predicted octanol–water partition coefficient (Wildman–Crippen LogP) is 5.41. The first-order valence-electron chi connectivity index (χ1n) is 10.8. The van der Waals surface area contributed by atoms with Crippen LogP contribution in [-0.4, -0.2) is 44.8 Å². The molecule has 0 spiro atoms. The van der Waals surface area contributed by atoms with Gasteiger partial charge in [0.25, 0.3) is 0 Å². The second-order valence-corrected chi connectivity index (χ2v) is 9.31. The molecule has 7 nitrogen and oxygen atoms in total. The molecule has 9 heteroatoms. The molecule has 0 fully saturated rings. The number of para-hydroxylation sites is 1. The normalized spacial score (nSPS) is 12.9. The molecule has 2 atom stereocenters. The number of aliphatic hydroxyl groups excluding tert-OH is 1. The van der Waals surface area contributed by atoms with Gasteiger partial charge in [0.2, 0.25) is 6.16 Å². The Kier molecular flexibility index (Phi) is 8.82. The number of aliphatic hydroxyl groups is 1. The number of carboxylic acids is 1. The lowest BCUT2D eigenvalue weighted by Crippen LogP contribution is -2.15. The summed E-state index contributed by atoms with van der Waals surface area (Å²) in [5, 5.41) is 23.2. The van der Waals surface area contributed by atoms with Gasteiger partial charge in [-0.25, -0.2) is 9.07 Å². The van der Waals surface area contributed by atoms with Crippen LogP contribution in [0, 0.1) is 5.82 Å². The van der Waals surface area contributed by atoms with Gasteiger partial charge in [0.1, 0.15) is 18.5 Å². The maximum absolute atomic E-state index is 13.6. The summed E-state index contributed by atoms with van der Waals surface area (Å²) in [5.74, 6) is -1.41. The van der Waals surface area contributed by atoms with Crippen molar-refractivity contribution in [1.29, 1.82) is 0 Å². The van der Waals surface area contributed by atoms with Gasteiger partial charge in [0.05, 0.1) is 23.5 Å². The molecule has 0 aliphatic heterocycles. The number of aliphatic carboxylic acids is 1. The van der Waals surface area contributed by atoms with E-state index < -0.39 is 26.5 Å². The second kappa shape index (κ2) is 11.8. The zero-order chi connectivity index (χ0) is 24.7. The van der Waals surface area contributed by atoms with Gasteiger partial charge in [0, 0.05) is 11.1 Å². The fourth-order valence-electron chi connectivity index (χ4n) is 3.46. The van der Waals surface area contributed by atoms with Crippen LogP contribution in [0.4, 0.5) is 4.39 Å². The summed E-state index contributed by atoms with van der Waals surface area (Å²) in [6.45, 7) is 4.06. The standard InChI is InChI=1S/C25H26FN2O5P/c1-17(2)24-22(9-6-14-33-34(32)16-21(29)15-23(30)31)25(18-10-12-19(26)13-11-18)28(27-24)20-7-4-3-5-8-20/h3-13,17,21,29H,14-16H2,1-2H3/p+1/b9-6+. The van der Waals surface area contributed by atoms with Crippen LogP contribution in [0.1, 0.15) is 37.4 Å². The van der Waals surface area contributed by atoms with Crippen LogP contribution in [0.15, 0.2) is 60.7 Å². The van der Waals surface area contributed by atoms with Gasteiger partial charge in [-0.1, -0.05) is 44.2 Å². The Morgan fingerprint density at radius 3 is 2.47 bits per heavy atom. The molecule has 0 radical (unpaired) electrons. The van der Waals surface area contributed by atoms with Gasteiger partial charge in [-0.2, -0.15) is 5.10 Å². The van der Waals surface area contributed by atoms with E-state index in [1.54, 1.807) is 18.2 Å². The zero-order valence-electron chi connectivity index (χ0n) is 19.0. The Balaban J connectivity index is 1.91. The highest BCUT2D eigenvalue weighted by Gasteiger charge is 2.25. The van der Waals surface area contributed by atoms with Crippen molar-refractivity contribution in [3.05, 3.63) is 77.7 Å². The van der Waals surface area contributed by atoms with Crippen LogP contribution in [0.2, 0.25) is 0 Å². The number of carbonyl (C=O) groups is 1. The Labute approximate surface area is 198 Å². The maximum Gasteiger partial charge on any atom is 0.511 e. The SMILES string of the molecule is CC(C)c1nn(-c2ccccc2)c(-c2ccc(F)cc2)c1/C=C/CO[P+](=O)CC(O)CC(=O)O. The van der Waals surface area contributed by atoms with Crippen LogP contribution >= 0.6 is 8.03 Å². The number of benzene rings is 2. The number of rotatable bonds is 11. The average molecular weight is 485 g/mol. The van der Waals surface area contributed by atoms with E-state index in [1.165, 1.54) is 12.1 Å². The van der Waals surface area contributed by atoms with E-state index in [0.717, 1.165) is 28.2 Å². The summed E-state index contributed by atoms with van der Waals surface area (Å²) >= 11 is 0. The second-order valence-electron chi connectivity index (χ2n) is 8.02. The monoisotopic (exact) mass is 485 g/mol. The van der Waals surface area contributed by atoms with Gasteiger partial charge in [-0.15, -0.1) is 4.52 Å². The van der Waals surface area contributed by atoms with Crippen LogP contribution in [-0.2, 0) is 13.9 Å². The lowest BCUT2D eigenvalue weighted by atomic mass is 9.99. The third kappa shape index (κ3) is 6.67. The molecule has 2 unspecified atom stereocenters. The topological polar surface area (TPSA) is 102 Å². The number of hydrogen-bond acceptors (Lipinski definition) is 5. The molecule has 178 valence electrons. The number of halogens is 1. The van der Waals surface area contributed by atoms with Crippen molar-refractivity contribution in [2.24, 2.45) is 0 Å². The van der Waals surface area contributed by atoms with Gasteiger partial charge in [-0.05, 0) is 46.9 Å². The molecule has 0 aliphatic carbocycles. The summed E-state index contributed by atoms with van der Waals surface area (Å²) < 4.78 is 32.7. The Hall–Kier alpha value is -3.19. The third-order valence-corrected chi connectivity index (χ3v) is 6.14. The minimum atomic E-state index is -2.21. The van der Waals surface area contributed by atoms with Crippen LogP contribution in [0.5, 0.6) is 0 Å².